The molecule has 1 heterocycles. The van der Waals surface area contributed by atoms with E-state index in [0.717, 1.165) is 14.9 Å². The van der Waals surface area contributed by atoms with Crippen LogP contribution in [-0.4, -0.2) is 28.5 Å². The average molecular weight is 315 g/mol. The highest BCUT2D eigenvalue weighted by Crippen LogP contribution is 2.32. The first-order valence-electron chi connectivity index (χ1n) is 5.44. The predicted octanol–water partition coefficient (Wildman–Crippen LogP) is 3.51. The fourth-order valence-corrected chi connectivity index (χ4v) is 3.57. The van der Waals surface area contributed by atoms with Crippen molar-refractivity contribution in [2.45, 2.75) is 16.5 Å². The number of rotatable bonds is 4. The standard InChI is InChI=1S/C12H11ClN2O2S2/c1-7(11(16)17-2)18-12-15-14-10(19-12)8-4-3-5-9(13)6-8/h3-7H,1-2H3. The highest BCUT2D eigenvalue weighted by molar-refractivity contribution is 8.02. The van der Waals surface area contributed by atoms with E-state index in [-0.39, 0.29) is 11.2 Å². The fourth-order valence-electron chi connectivity index (χ4n) is 1.36. The van der Waals surface area contributed by atoms with Crippen LogP contribution >= 0.6 is 34.7 Å². The summed E-state index contributed by atoms with van der Waals surface area (Å²) in [6.45, 7) is 1.77. The SMILES string of the molecule is COC(=O)C(C)Sc1nnc(-c2cccc(Cl)c2)s1. The zero-order valence-electron chi connectivity index (χ0n) is 10.3. The largest absolute Gasteiger partial charge is 0.468 e. The van der Waals surface area contributed by atoms with E-state index in [4.69, 9.17) is 11.6 Å². The van der Waals surface area contributed by atoms with Gasteiger partial charge >= 0.3 is 5.97 Å². The lowest BCUT2D eigenvalue weighted by atomic mass is 10.2. The molecule has 1 aromatic carbocycles. The highest BCUT2D eigenvalue weighted by Gasteiger charge is 2.17. The summed E-state index contributed by atoms with van der Waals surface area (Å²) in [6.07, 6.45) is 0. The summed E-state index contributed by atoms with van der Waals surface area (Å²) >= 11 is 8.69. The minimum atomic E-state index is -0.301. The van der Waals surface area contributed by atoms with Crippen molar-refractivity contribution in [1.82, 2.24) is 10.2 Å². The number of halogens is 1. The first-order chi connectivity index (χ1) is 9.10. The number of methoxy groups -OCH3 is 1. The Morgan fingerprint density at radius 1 is 1.47 bits per heavy atom. The van der Waals surface area contributed by atoms with Gasteiger partial charge in [-0.05, 0) is 19.1 Å². The summed E-state index contributed by atoms with van der Waals surface area (Å²) in [5.74, 6) is -0.274. The van der Waals surface area contributed by atoms with Gasteiger partial charge in [0.25, 0.3) is 0 Å². The van der Waals surface area contributed by atoms with Crippen molar-refractivity contribution in [1.29, 1.82) is 0 Å². The molecule has 0 fully saturated rings. The van der Waals surface area contributed by atoms with Crippen molar-refractivity contribution in [2.75, 3.05) is 7.11 Å². The van der Waals surface area contributed by atoms with Crippen LogP contribution in [0, 0.1) is 0 Å². The molecular weight excluding hydrogens is 304 g/mol. The minimum Gasteiger partial charge on any atom is -0.468 e. The van der Waals surface area contributed by atoms with Gasteiger partial charge < -0.3 is 4.74 Å². The number of carbonyl (C=O) groups excluding carboxylic acids is 1. The van der Waals surface area contributed by atoms with Gasteiger partial charge in [-0.15, -0.1) is 10.2 Å². The number of esters is 1. The smallest absolute Gasteiger partial charge is 0.318 e. The molecule has 1 atom stereocenters. The van der Waals surface area contributed by atoms with Crippen LogP contribution in [0.25, 0.3) is 10.6 Å². The minimum absolute atomic E-state index is 0.274. The number of benzene rings is 1. The molecule has 0 amide bonds. The van der Waals surface area contributed by atoms with Gasteiger partial charge in [0.2, 0.25) is 0 Å². The maximum Gasteiger partial charge on any atom is 0.318 e. The van der Waals surface area contributed by atoms with Crippen molar-refractivity contribution < 1.29 is 9.53 Å². The maximum atomic E-state index is 11.3. The van der Waals surface area contributed by atoms with E-state index < -0.39 is 0 Å². The summed E-state index contributed by atoms with van der Waals surface area (Å²) in [7, 11) is 1.37. The molecule has 0 saturated carbocycles. The van der Waals surface area contributed by atoms with Crippen LogP contribution in [-0.2, 0) is 9.53 Å². The molecule has 1 unspecified atom stereocenters. The van der Waals surface area contributed by atoms with Gasteiger partial charge in [0.05, 0.1) is 7.11 Å². The summed E-state index contributed by atoms with van der Waals surface area (Å²) in [4.78, 5) is 11.3. The van der Waals surface area contributed by atoms with Gasteiger partial charge in [-0.25, -0.2) is 0 Å². The second-order valence-corrected chi connectivity index (χ2v) is 6.67. The molecule has 0 spiro atoms. The van der Waals surface area contributed by atoms with Crippen LogP contribution in [0.2, 0.25) is 5.02 Å². The number of hydrogen-bond donors (Lipinski definition) is 0. The zero-order chi connectivity index (χ0) is 13.8. The Morgan fingerprint density at radius 2 is 2.26 bits per heavy atom. The van der Waals surface area contributed by atoms with Gasteiger partial charge in [-0.1, -0.05) is 46.8 Å². The Kier molecular flexibility index (Phi) is 4.79. The third-order valence-electron chi connectivity index (χ3n) is 2.29. The summed E-state index contributed by atoms with van der Waals surface area (Å²) in [5, 5.41) is 9.30. The molecular formula is C12H11ClN2O2S2. The summed E-state index contributed by atoms with van der Waals surface area (Å²) in [6, 6.07) is 7.43. The van der Waals surface area contributed by atoms with E-state index in [9.17, 15) is 4.79 Å². The van der Waals surface area contributed by atoms with Crippen LogP contribution in [0.5, 0.6) is 0 Å². The Labute approximate surface area is 124 Å². The molecule has 2 rings (SSSR count). The topological polar surface area (TPSA) is 52.1 Å². The van der Waals surface area contributed by atoms with Crippen molar-refractivity contribution in [3.05, 3.63) is 29.3 Å². The molecule has 19 heavy (non-hydrogen) atoms. The summed E-state index contributed by atoms with van der Waals surface area (Å²) < 4.78 is 5.40. The molecule has 100 valence electrons. The second kappa shape index (κ2) is 6.36. The quantitative estimate of drug-likeness (QED) is 0.638. The first-order valence-corrected chi connectivity index (χ1v) is 7.51. The number of aromatic nitrogens is 2. The van der Waals surface area contributed by atoms with Gasteiger partial charge in [0, 0.05) is 10.6 Å². The van der Waals surface area contributed by atoms with Crippen molar-refractivity contribution in [2.24, 2.45) is 0 Å². The van der Waals surface area contributed by atoms with Crippen LogP contribution in [0.4, 0.5) is 0 Å². The lowest BCUT2D eigenvalue weighted by molar-refractivity contribution is -0.139. The molecule has 0 saturated heterocycles. The lowest BCUT2D eigenvalue weighted by Crippen LogP contribution is -2.14. The Hall–Kier alpha value is -1.11. The molecule has 2 aromatic rings. The van der Waals surface area contributed by atoms with E-state index in [1.165, 1.54) is 30.2 Å². The molecule has 7 heteroatoms. The first kappa shape index (κ1) is 14.3. The normalized spacial score (nSPS) is 12.2. The maximum absolute atomic E-state index is 11.3. The van der Waals surface area contributed by atoms with Crippen LogP contribution in [0.15, 0.2) is 28.6 Å². The third-order valence-corrected chi connectivity index (χ3v) is 4.66. The zero-order valence-corrected chi connectivity index (χ0v) is 12.7. The van der Waals surface area contributed by atoms with E-state index in [1.807, 2.05) is 18.2 Å². The third kappa shape index (κ3) is 3.68. The van der Waals surface area contributed by atoms with E-state index in [0.29, 0.717) is 5.02 Å². The predicted molar refractivity (Wildman–Crippen MR) is 77.7 cm³/mol. The molecule has 4 nitrogen and oxygen atoms in total. The second-order valence-electron chi connectivity index (χ2n) is 3.67. The van der Waals surface area contributed by atoms with Crippen molar-refractivity contribution in [3.63, 3.8) is 0 Å². The van der Waals surface area contributed by atoms with Crippen LogP contribution in [0.3, 0.4) is 0 Å². The number of ether oxygens (including phenoxy) is 1. The molecule has 0 N–H and O–H groups in total. The fraction of sp³-hybridized carbons (Fsp3) is 0.250. The van der Waals surface area contributed by atoms with Gasteiger partial charge in [-0.3, -0.25) is 4.79 Å². The molecule has 1 aromatic heterocycles. The van der Waals surface area contributed by atoms with Crippen LogP contribution in [0.1, 0.15) is 6.92 Å². The van der Waals surface area contributed by atoms with Crippen molar-refractivity contribution in [3.8, 4) is 10.6 Å². The lowest BCUT2D eigenvalue weighted by Gasteiger charge is -2.04. The molecule has 0 radical (unpaired) electrons. The van der Waals surface area contributed by atoms with E-state index in [2.05, 4.69) is 14.9 Å². The Morgan fingerprint density at radius 3 is 2.95 bits per heavy atom. The molecule has 0 bridgehead atoms. The summed E-state index contributed by atoms with van der Waals surface area (Å²) in [5.41, 5.74) is 0.919. The molecule has 0 aliphatic heterocycles. The Bertz CT molecular complexity index is 589. The molecule has 0 aliphatic rings. The number of carbonyl (C=O) groups is 1. The van der Waals surface area contributed by atoms with Crippen LogP contribution < -0.4 is 0 Å². The number of nitrogens with zero attached hydrogens (tertiary/aromatic N) is 2. The van der Waals surface area contributed by atoms with Crippen molar-refractivity contribution >= 4 is 40.7 Å². The van der Waals surface area contributed by atoms with Gasteiger partial charge in [-0.2, -0.15) is 0 Å². The average Bonchev–Trinajstić information content (AvgIpc) is 2.86. The van der Waals surface area contributed by atoms with Gasteiger partial charge in [0.15, 0.2) is 4.34 Å². The monoisotopic (exact) mass is 314 g/mol. The van der Waals surface area contributed by atoms with Gasteiger partial charge in [0.1, 0.15) is 10.3 Å². The van der Waals surface area contributed by atoms with E-state index >= 15 is 0 Å². The molecule has 0 aliphatic carbocycles. The number of thioether (sulfide) groups is 1. The number of hydrogen-bond acceptors (Lipinski definition) is 6. The Balaban J connectivity index is 2.13. The van der Waals surface area contributed by atoms with E-state index in [1.54, 1.807) is 13.0 Å². The highest BCUT2D eigenvalue weighted by atomic mass is 35.5.